The highest BCUT2D eigenvalue weighted by Crippen LogP contribution is 2.23. The molecule has 2 saturated heterocycles. The number of hydrogen-bond acceptors (Lipinski definition) is 12. The minimum atomic E-state index is -1.57. The number of ether oxygens (including phenoxy) is 4. The van der Waals surface area contributed by atoms with Crippen LogP contribution in [0.3, 0.4) is 0 Å². The van der Waals surface area contributed by atoms with Crippen molar-refractivity contribution in [2.75, 3.05) is 26.4 Å². The Morgan fingerprint density at radius 2 is 0.885 bits per heavy atom. The van der Waals surface area contributed by atoms with E-state index in [1.54, 1.807) is 0 Å². The van der Waals surface area contributed by atoms with E-state index in [1.165, 1.54) is 0 Å². The molecule has 2 rings (SSSR count). The van der Waals surface area contributed by atoms with Gasteiger partial charge in [-0.25, -0.2) is 0 Å². The Morgan fingerprint density at radius 3 is 1.19 bits per heavy atom. The van der Waals surface area contributed by atoms with E-state index in [2.05, 4.69) is 0 Å². The van der Waals surface area contributed by atoms with E-state index in [-0.39, 0.29) is 13.2 Å². The van der Waals surface area contributed by atoms with Crippen molar-refractivity contribution in [3.05, 3.63) is 0 Å². The second-order valence-electron chi connectivity index (χ2n) is 6.14. The number of rotatable bonds is 7. The molecule has 0 spiro atoms. The highest BCUT2D eigenvalue weighted by Gasteiger charge is 2.45. The van der Waals surface area contributed by atoms with E-state index in [1.807, 2.05) is 0 Å². The van der Waals surface area contributed by atoms with E-state index in [4.69, 9.17) is 29.2 Å². The van der Waals surface area contributed by atoms with E-state index >= 15 is 0 Å². The molecule has 0 radical (unpaired) electrons. The first-order valence-electron chi connectivity index (χ1n) is 8.16. The molecular weight excluding hydrogens is 360 g/mol. The maximum Gasteiger partial charge on any atom is 0.186 e. The maximum absolute atomic E-state index is 9.81. The minimum absolute atomic E-state index is 0.197. The van der Waals surface area contributed by atoms with Gasteiger partial charge in [0.25, 0.3) is 0 Å². The molecule has 0 aliphatic carbocycles. The van der Waals surface area contributed by atoms with Crippen LogP contribution in [0, 0.1) is 0 Å². The average molecular weight is 386 g/mol. The smallest absolute Gasteiger partial charge is 0.186 e. The average Bonchev–Trinajstić information content (AvgIpc) is 2.64. The van der Waals surface area contributed by atoms with Gasteiger partial charge in [0.15, 0.2) is 12.6 Å². The molecule has 154 valence electrons. The normalized spacial score (nSPS) is 47.1. The molecule has 8 N–H and O–H groups in total. The highest BCUT2D eigenvalue weighted by atomic mass is 16.7. The molecule has 2 aliphatic rings. The van der Waals surface area contributed by atoms with Crippen LogP contribution in [0.2, 0.25) is 0 Å². The van der Waals surface area contributed by atoms with Crippen LogP contribution in [0.15, 0.2) is 0 Å². The Morgan fingerprint density at radius 1 is 0.538 bits per heavy atom. The summed E-state index contributed by atoms with van der Waals surface area (Å²) >= 11 is 0. The van der Waals surface area contributed by atoms with Gasteiger partial charge in [-0.05, 0) is 0 Å². The Kier molecular flexibility index (Phi) is 8.08. The first kappa shape index (κ1) is 21.8. The van der Waals surface area contributed by atoms with Crippen LogP contribution in [-0.2, 0) is 18.9 Å². The summed E-state index contributed by atoms with van der Waals surface area (Å²) in [5, 5.41) is 76.4. The fourth-order valence-electron chi connectivity index (χ4n) is 2.74. The Hall–Kier alpha value is -0.480. The summed E-state index contributed by atoms with van der Waals surface area (Å²) in [5.41, 5.74) is 0. The van der Waals surface area contributed by atoms with Crippen LogP contribution in [0.4, 0.5) is 0 Å². The van der Waals surface area contributed by atoms with Crippen LogP contribution in [0.5, 0.6) is 0 Å². The van der Waals surface area contributed by atoms with Crippen molar-refractivity contribution < 1.29 is 59.8 Å². The van der Waals surface area contributed by atoms with Crippen LogP contribution in [-0.4, -0.2) is 129 Å². The van der Waals surface area contributed by atoms with Gasteiger partial charge in [0.1, 0.15) is 48.8 Å². The van der Waals surface area contributed by atoms with Gasteiger partial charge in [-0.3, -0.25) is 0 Å². The summed E-state index contributed by atoms with van der Waals surface area (Å²) in [6.45, 7) is -1.58. The van der Waals surface area contributed by atoms with E-state index in [0.29, 0.717) is 0 Å². The van der Waals surface area contributed by atoms with Crippen molar-refractivity contribution in [2.45, 2.75) is 61.4 Å². The van der Waals surface area contributed by atoms with Gasteiger partial charge in [0.05, 0.1) is 26.4 Å². The lowest BCUT2D eigenvalue weighted by molar-refractivity contribution is -0.317. The fraction of sp³-hybridized carbons (Fsp3) is 1.00. The van der Waals surface area contributed by atoms with Crippen molar-refractivity contribution in [3.8, 4) is 0 Å². The zero-order chi connectivity index (χ0) is 19.4. The fourth-order valence-corrected chi connectivity index (χ4v) is 2.74. The van der Waals surface area contributed by atoms with Crippen molar-refractivity contribution in [2.24, 2.45) is 0 Å². The Labute approximate surface area is 148 Å². The molecule has 2 aliphatic heterocycles. The summed E-state index contributed by atoms with van der Waals surface area (Å²) < 4.78 is 20.7. The lowest BCUT2D eigenvalue weighted by Crippen LogP contribution is -2.59. The van der Waals surface area contributed by atoms with E-state index < -0.39 is 74.6 Å². The quantitative estimate of drug-likeness (QED) is 0.194. The van der Waals surface area contributed by atoms with Gasteiger partial charge in [0.2, 0.25) is 0 Å². The minimum Gasteiger partial charge on any atom is -0.394 e. The molecule has 0 aromatic carbocycles. The second kappa shape index (κ2) is 9.64. The molecule has 0 amide bonds. The molecule has 0 bridgehead atoms. The third kappa shape index (κ3) is 4.67. The number of hydrogen-bond donors (Lipinski definition) is 8. The summed E-state index contributed by atoms with van der Waals surface area (Å²) in [6, 6.07) is 0. The molecule has 2 unspecified atom stereocenters. The molecule has 0 aromatic heterocycles. The van der Waals surface area contributed by atoms with Crippen molar-refractivity contribution in [1.29, 1.82) is 0 Å². The third-order valence-corrected chi connectivity index (χ3v) is 4.34. The molecular formula is C14H26O12. The summed E-state index contributed by atoms with van der Waals surface area (Å²) in [4.78, 5) is 0. The lowest BCUT2D eigenvalue weighted by Gasteiger charge is -2.40. The monoisotopic (exact) mass is 386 g/mol. The van der Waals surface area contributed by atoms with Crippen molar-refractivity contribution >= 4 is 0 Å². The van der Waals surface area contributed by atoms with Crippen LogP contribution in [0.25, 0.3) is 0 Å². The van der Waals surface area contributed by atoms with Gasteiger partial charge in [0, 0.05) is 0 Å². The standard InChI is InChI=1S/C14H26O12/c15-3-5-7(17)9(19)11(21)13(25-5)23-1-2-24-14-12(22)10(20)8(18)6(4-16)26-14/h5-22H,1-4H2/t5-,6-,7-,8-,9+,10+,11-,12-,13?,14?/m1/s1. The second-order valence-corrected chi connectivity index (χ2v) is 6.14. The van der Waals surface area contributed by atoms with E-state index in [9.17, 15) is 30.6 Å². The molecule has 2 heterocycles. The van der Waals surface area contributed by atoms with Gasteiger partial charge >= 0.3 is 0 Å². The first-order chi connectivity index (χ1) is 12.3. The number of aliphatic hydroxyl groups is 8. The van der Waals surface area contributed by atoms with Crippen LogP contribution < -0.4 is 0 Å². The molecule has 12 nitrogen and oxygen atoms in total. The summed E-state index contributed by atoms with van der Waals surface area (Å²) in [5.74, 6) is 0. The van der Waals surface area contributed by atoms with Gasteiger partial charge in [-0.2, -0.15) is 0 Å². The van der Waals surface area contributed by atoms with Crippen molar-refractivity contribution in [1.82, 2.24) is 0 Å². The van der Waals surface area contributed by atoms with Crippen LogP contribution >= 0.6 is 0 Å². The largest absolute Gasteiger partial charge is 0.394 e. The zero-order valence-corrected chi connectivity index (χ0v) is 13.8. The maximum atomic E-state index is 9.81. The zero-order valence-electron chi connectivity index (χ0n) is 13.8. The molecule has 0 saturated carbocycles. The molecule has 26 heavy (non-hydrogen) atoms. The first-order valence-corrected chi connectivity index (χ1v) is 8.16. The van der Waals surface area contributed by atoms with Gasteiger partial charge in [-0.1, -0.05) is 0 Å². The topological polar surface area (TPSA) is 199 Å². The third-order valence-electron chi connectivity index (χ3n) is 4.34. The molecule has 0 aromatic rings. The predicted molar refractivity (Wildman–Crippen MR) is 79.4 cm³/mol. The Bertz CT molecular complexity index is 383. The summed E-state index contributed by atoms with van der Waals surface area (Å²) in [7, 11) is 0. The summed E-state index contributed by atoms with van der Waals surface area (Å²) in [6.07, 6.45) is -14.1. The highest BCUT2D eigenvalue weighted by molar-refractivity contribution is 4.89. The molecule has 10 atom stereocenters. The Balaban J connectivity index is 1.79. The number of aliphatic hydroxyl groups excluding tert-OH is 8. The molecule has 12 heteroatoms. The molecule has 2 fully saturated rings. The van der Waals surface area contributed by atoms with Crippen molar-refractivity contribution in [3.63, 3.8) is 0 Å². The SMILES string of the molecule is OC[C@H]1OC(OCCOC2O[C@H](CO)[C@@H](O)[C@H](O)[C@H]2O)[C@H](O)[C@@H](O)[C@@H]1O. The predicted octanol–water partition coefficient (Wildman–Crippen LogP) is -5.38. The van der Waals surface area contributed by atoms with Gasteiger partial charge in [-0.15, -0.1) is 0 Å². The van der Waals surface area contributed by atoms with Crippen LogP contribution in [0.1, 0.15) is 0 Å². The lowest BCUT2D eigenvalue weighted by atomic mass is 9.99. The van der Waals surface area contributed by atoms with E-state index in [0.717, 1.165) is 0 Å². The van der Waals surface area contributed by atoms with Gasteiger partial charge < -0.3 is 59.8 Å².